The lowest BCUT2D eigenvalue weighted by atomic mass is 9.56. The van der Waals surface area contributed by atoms with Gasteiger partial charge in [-0.1, -0.05) is 37.3 Å². The van der Waals surface area contributed by atoms with Gasteiger partial charge in [-0.25, -0.2) is 0 Å². The van der Waals surface area contributed by atoms with Crippen molar-refractivity contribution in [3.63, 3.8) is 0 Å². The van der Waals surface area contributed by atoms with Crippen LogP contribution in [0.25, 0.3) is 10.9 Å². The van der Waals surface area contributed by atoms with Crippen LogP contribution in [0.1, 0.15) is 69.8 Å². The molecule has 2 spiro atoms. The van der Waals surface area contributed by atoms with Crippen molar-refractivity contribution >= 4 is 10.9 Å². The largest absolute Gasteiger partial charge is 0.359 e. The van der Waals surface area contributed by atoms with Gasteiger partial charge in [-0.05, 0) is 112 Å². The first-order valence-corrected chi connectivity index (χ1v) is 13.1. The monoisotopic (exact) mass is 440 g/mol. The van der Waals surface area contributed by atoms with Crippen molar-refractivity contribution in [3.8, 4) is 0 Å². The lowest BCUT2D eigenvalue weighted by Gasteiger charge is -2.55. The van der Waals surface area contributed by atoms with Gasteiger partial charge in [0.05, 0.1) is 16.7 Å². The predicted molar refractivity (Wildman–Crippen MR) is 133 cm³/mol. The highest BCUT2D eigenvalue weighted by Gasteiger charge is 2.67. The first-order valence-electron chi connectivity index (χ1n) is 13.1. The minimum absolute atomic E-state index is 0.0254. The predicted octanol–water partition coefficient (Wildman–Crippen LogP) is 6.41. The Hall–Kier alpha value is -1.97. The minimum Gasteiger partial charge on any atom is -0.359 e. The van der Waals surface area contributed by atoms with Crippen molar-refractivity contribution in [1.29, 1.82) is 0 Å². The molecule has 2 aliphatic heterocycles. The second kappa shape index (κ2) is 6.79. The smallest absolute Gasteiger partial charge is 0.0956 e. The maximum absolute atomic E-state index is 7.42. The number of hydrogen-bond acceptors (Lipinski definition) is 3. The average Bonchev–Trinajstić information content (AvgIpc) is 3.33. The van der Waals surface area contributed by atoms with Crippen molar-refractivity contribution in [1.82, 2.24) is 9.88 Å². The molecule has 0 unspecified atom stereocenters. The van der Waals surface area contributed by atoms with E-state index in [9.17, 15) is 0 Å². The molecule has 3 nitrogen and oxygen atoms in total. The van der Waals surface area contributed by atoms with Crippen LogP contribution in [0.5, 0.6) is 0 Å². The third-order valence-electron chi connectivity index (χ3n) is 10.4. The first-order chi connectivity index (χ1) is 15.9. The van der Waals surface area contributed by atoms with Crippen molar-refractivity contribution in [2.24, 2.45) is 11.3 Å². The summed E-state index contributed by atoms with van der Waals surface area (Å²) >= 11 is 0. The maximum atomic E-state index is 7.42. The molecule has 2 aromatic rings. The highest BCUT2D eigenvalue weighted by molar-refractivity contribution is 5.79. The third-order valence-corrected chi connectivity index (χ3v) is 10.4. The van der Waals surface area contributed by atoms with E-state index < -0.39 is 0 Å². The SMILES string of the molecule is CN(C)[C@@H]1CC=C2C=C3CC[C@]4(C)[C@@H](c5ccc6cccnc6c5)CC[C@H]4[C@@]34CC[C@]2(C1)O4. The average molecular weight is 441 g/mol. The van der Waals surface area contributed by atoms with Gasteiger partial charge in [0, 0.05) is 17.6 Å². The Morgan fingerprint density at radius 3 is 2.88 bits per heavy atom. The summed E-state index contributed by atoms with van der Waals surface area (Å²) in [5.41, 5.74) is 5.97. The van der Waals surface area contributed by atoms with E-state index in [4.69, 9.17) is 4.74 Å². The van der Waals surface area contributed by atoms with Crippen LogP contribution in [0.2, 0.25) is 0 Å². The van der Waals surface area contributed by atoms with Crippen LogP contribution in [0.15, 0.2) is 59.8 Å². The number of pyridine rings is 1. The molecule has 0 radical (unpaired) electrons. The number of ether oxygens (including phenoxy) is 1. The summed E-state index contributed by atoms with van der Waals surface area (Å²) in [5.74, 6) is 1.22. The molecule has 3 heterocycles. The molecular formula is C30H36N2O. The maximum Gasteiger partial charge on any atom is 0.0956 e. The van der Waals surface area contributed by atoms with Crippen LogP contribution in [0.3, 0.4) is 0 Å². The van der Waals surface area contributed by atoms with Crippen molar-refractivity contribution < 1.29 is 4.74 Å². The summed E-state index contributed by atoms with van der Waals surface area (Å²) in [6, 6.07) is 11.8. The van der Waals surface area contributed by atoms with E-state index in [1.165, 1.54) is 55.0 Å². The topological polar surface area (TPSA) is 25.4 Å². The molecule has 0 N–H and O–H groups in total. The van der Waals surface area contributed by atoms with Gasteiger partial charge in [-0.2, -0.15) is 0 Å². The van der Waals surface area contributed by atoms with Crippen LogP contribution in [0, 0.1) is 11.3 Å². The van der Waals surface area contributed by atoms with Gasteiger partial charge < -0.3 is 9.64 Å². The van der Waals surface area contributed by atoms with Gasteiger partial charge in [0.15, 0.2) is 0 Å². The molecule has 3 aliphatic carbocycles. The second-order valence-corrected chi connectivity index (χ2v) is 12.0. The summed E-state index contributed by atoms with van der Waals surface area (Å²) in [4.78, 5) is 7.07. The lowest BCUT2D eigenvalue weighted by molar-refractivity contribution is -0.144. The highest BCUT2D eigenvalue weighted by Crippen LogP contribution is 2.70. The van der Waals surface area contributed by atoms with E-state index in [0.29, 0.717) is 23.3 Å². The van der Waals surface area contributed by atoms with E-state index in [1.807, 2.05) is 12.3 Å². The zero-order valence-electron chi connectivity index (χ0n) is 20.3. The normalized spacial score (nSPS) is 41.4. The van der Waals surface area contributed by atoms with Crippen LogP contribution in [-0.4, -0.2) is 41.2 Å². The van der Waals surface area contributed by atoms with Crippen LogP contribution < -0.4 is 0 Å². The van der Waals surface area contributed by atoms with Crippen LogP contribution in [0.4, 0.5) is 0 Å². The summed E-state index contributed by atoms with van der Waals surface area (Å²) in [7, 11) is 4.46. The molecule has 5 aliphatic rings. The number of nitrogens with zero attached hydrogens (tertiary/aromatic N) is 2. The van der Waals surface area contributed by atoms with Crippen LogP contribution in [-0.2, 0) is 4.74 Å². The molecule has 1 saturated heterocycles. The van der Waals surface area contributed by atoms with Crippen LogP contribution >= 0.6 is 0 Å². The van der Waals surface area contributed by atoms with Gasteiger partial charge in [-0.15, -0.1) is 0 Å². The molecule has 1 aromatic heterocycles. The molecule has 7 rings (SSSR count). The highest BCUT2D eigenvalue weighted by atomic mass is 16.5. The first kappa shape index (κ1) is 20.4. The molecule has 6 atom stereocenters. The summed E-state index contributed by atoms with van der Waals surface area (Å²) in [6.07, 6.45) is 16.8. The van der Waals surface area contributed by atoms with E-state index in [-0.39, 0.29) is 11.2 Å². The molecule has 1 aromatic carbocycles. The third kappa shape index (κ3) is 2.67. The van der Waals surface area contributed by atoms with Crippen molar-refractivity contribution in [3.05, 3.63) is 65.4 Å². The number of rotatable bonds is 2. The Balaban J connectivity index is 1.27. The van der Waals surface area contributed by atoms with Crippen molar-refractivity contribution in [2.45, 2.75) is 81.5 Å². The fourth-order valence-electron chi connectivity index (χ4n) is 8.69. The fourth-order valence-corrected chi connectivity index (χ4v) is 8.69. The van der Waals surface area contributed by atoms with Gasteiger partial charge in [-0.3, -0.25) is 4.98 Å². The standard InChI is InChI=1S/C30H36N2O/c1-28-13-12-23-18-22-8-9-24(32(2)3)19-29(22)14-15-30(23,33-29)27(28)11-10-25(28)21-7-6-20-5-4-16-31-26(20)17-21/h4-8,16-18,24-25,27H,9-15,19H2,1-3H3/t24-,25-,27-,28-,29-,30-/m1/s1. The Kier molecular flexibility index (Phi) is 4.20. The van der Waals surface area contributed by atoms with Gasteiger partial charge in [0.2, 0.25) is 0 Å². The molecule has 2 bridgehead atoms. The molecule has 0 amide bonds. The second-order valence-electron chi connectivity index (χ2n) is 12.0. The lowest BCUT2D eigenvalue weighted by Crippen LogP contribution is -2.55. The van der Waals surface area contributed by atoms with Crippen molar-refractivity contribution in [2.75, 3.05) is 14.1 Å². The fraction of sp³-hybridized carbons (Fsp3) is 0.567. The zero-order chi connectivity index (χ0) is 22.4. The number of hydrogen-bond donors (Lipinski definition) is 0. The molecule has 172 valence electrons. The van der Waals surface area contributed by atoms with Gasteiger partial charge in [0.25, 0.3) is 0 Å². The summed E-state index contributed by atoms with van der Waals surface area (Å²) in [5, 5.41) is 1.24. The molecule has 2 saturated carbocycles. The quantitative estimate of drug-likeness (QED) is 0.540. The minimum atomic E-state index is -0.0418. The zero-order valence-corrected chi connectivity index (χ0v) is 20.3. The van der Waals surface area contributed by atoms with E-state index in [2.05, 4.69) is 67.3 Å². The molecule has 3 fully saturated rings. The molecule has 3 heteroatoms. The van der Waals surface area contributed by atoms with E-state index in [0.717, 1.165) is 18.4 Å². The Morgan fingerprint density at radius 1 is 1.09 bits per heavy atom. The van der Waals surface area contributed by atoms with Gasteiger partial charge in [0.1, 0.15) is 0 Å². The number of fused-ring (bicyclic) bond motifs is 2. The van der Waals surface area contributed by atoms with E-state index in [1.54, 1.807) is 5.57 Å². The van der Waals surface area contributed by atoms with Gasteiger partial charge >= 0.3 is 0 Å². The van der Waals surface area contributed by atoms with E-state index >= 15 is 0 Å². The Bertz CT molecular complexity index is 1200. The molecule has 33 heavy (non-hydrogen) atoms. The Morgan fingerprint density at radius 2 is 2.00 bits per heavy atom. The summed E-state index contributed by atoms with van der Waals surface area (Å²) in [6.45, 7) is 2.59. The summed E-state index contributed by atoms with van der Waals surface area (Å²) < 4.78 is 7.42. The number of aromatic nitrogens is 1. The number of benzene rings is 1. The Labute approximate surface area is 197 Å². The molecular weight excluding hydrogens is 404 g/mol.